The van der Waals surface area contributed by atoms with E-state index in [1.165, 1.54) is 19.2 Å². The van der Waals surface area contributed by atoms with Crippen LogP contribution < -0.4 is 10.2 Å². The summed E-state index contributed by atoms with van der Waals surface area (Å²) in [6.07, 6.45) is 0.124. The predicted molar refractivity (Wildman–Crippen MR) is 88.6 cm³/mol. The van der Waals surface area contributed by atoms with Crippen molar-refractivity contribution in [3.63, 3.8) is 0 Å². The number of methoxy groups -OCH3 is 1. The summed E-state index contributed by atoms with van der Waals surface area (Å²) < 4.78 is 5.23. The number of hydrogen-bond acceptors (Lipinski definition) is 5. The molecule has 8 heteroatoms. The van der Waals surface area contributed by atoms with Gasteiger partial charge in [-0.15, -0.1) is 0 Å². The number of ether oxygens (including phenoxy) is 1. The molecule has 122 valence electrons. The Morgan fingerprint density at radius 2 is 2.00 bits per heavy atom. The Bertz CT molecular complexity index is 862. The average molecular weight is 346 g/mol. The Morgan fingerprint density at radius 1 is 1.29 bits per heavy atom. The third-order valence-corrected chi connectivity index (χ3v) is 3.92. The van der Waals surface area contributed by atoms with Crippen molar-refractivity contribution in [2.24, 2.45) is 5.10 Å². The Morgan fingerprint density at radius 3 is 2.62 bits per heavy atom. The number of benzene rings is 2. The standard InChI is InChI=1S/C16H12ClN3O4/c1-24-14-8-12-10(6-13(14)17)7-15(21)18-19-16(12)9-2-4-11(5-3-9)20(22)23/h2-6,8H,7H2,1H3,(H,18,21). The molecular formula is C16H12ClN3O4. The predicted octanol–water partition coefficient (Wildman–Crippen LogP) is 2.68. The second kappa shape index (κ2) is 6.29. The van der Waals surface area contributed by atoms with Crippen LogP contribution in [-0.2, 0) is 11.2 Å². The van der Waals surface area contributed by atoms with Gasteiger partial charge in [-0.25, -0.2) is 5.43 Å². The molecule has 1 heterocycles. The lowest BCUT2D eigenvalue weighted by Crippen LogP contribution is -2.18. The number of fused-ring (bicyclic) bond motifs is 1. The van der Waals surface area contributed by atoms with Crippen LogP contribution in [0.5, 0.6) is 5.75 Å². The van der Waals surface area contributed by atoms with Gasteiger partial charge >= 0.3 is 0 Å². The molecule has 24 heavy (non-hydrogen) atoms. The van der Waals surface area contributed by atoms with Gasteiger partial charge in [0, 0.05) is 23.3 Å². The van der Waals surface area contributed by atoms with Crippen molar-refractivity contribution in [3.05, 3.63) is 68.2 Å². The monoisotopic (exact) mass is 345 g/mol. The highest BCUT2D eigenvalue weighted by atomic mass is 35.5. The molecule has 0 saturated carbocycles. The van der Waals surface area contributed by atoms with E-state index in [0.717, 1.165) is 0 Å². The second-order valence-electron chi connectivity index (χ2n) is 5.12. The van der Waals surface area contributed by atoms with Crippen molar-refractivity contribution in [1.82, 2.24) is 5.43 Å². The van der Waals surface area contributed by atoms with E-state index in [0.29, 0.717) is 33.2 Å². The molecule has 0 spiro atoms. The molecule has 0 aromatic heterocycles. The minimum absolute atomic E-state index is 0.0223. The fourth-order valence-corrected chi connectivity index (χ4v) is 2.73. The maximum atomic E-state index is 11.9. The summed E-state index contributed by atoms with van der Waals surface area (Å²) >= 11 is 6.14. The Hall–Kier alpha value is -2.93. The van der Waals surface area contributed by atoms with E-state index in [9.17, 15) is 14.9 Å². The van der Waals surface area contributed by atoms with Crippen molar-refractivity contribution in [1.29, 1.82) is 0 Å². The second-order valence-corrected chi connectivity index (χ2v) is 5.53. The van der Waals surface area contributed by atoms with E-state index in [-0.39, 0.29) is 18.0 Å². The van der Waals surface area contributed by atoms with Crippen LogP contribution in [0.3, 0.4) is 0 Å². The maximum Gasteiger partial charge on any atom is 0.269 e. The number of nitrogens with zero attached hydrogens (tertiary/aromatic N) is 2. The lowest BCUT2D eigenvalue weighted by molar-refractivity contribution is -0.384. The van der Waals surface area contributed by atoms with Gasteiger partial charge < -0.3 is 4.74 Å². The molecule has 1 aliphatic rings. The quantitative estimate of drug-likeness (QED) is 0.683. The molecule has 2 aromatic carbocycles. The van der Waals surface area contributed by atoms with E-state index in [1.807, 2.05) is 0 Å². The normalized spacial score (nSPS) is 13.4. The van der Waals surface area contributed by atoms with Gasteiger partial charge in [0.25, 0.3) is 5.69 Å². The molecule has 0 radical (unpaired) electrons. The van der Waals surface area contributed by atoms with Crippen molar-refractivity contribution >= 4 is 28.9 Å². The molecular weight excluding hydrogens is 334 g/mol. The van der Waals surface area contributed by atoms with Crippen LogP contribution in [0.1, 0.15) is 16.7 Å². The van der Waals surface area contributed by atoms with E-state index in [4.69, 9.17) is 16.3 Å². The largest absolute Gasteiger partial charge is 0.495 e. The molecule has 0 atom stereocenters. The summed E-state index contributed by atoms with van der Waals surface area (Å²) in [6.45, 7) is 0. The number of carbonyl (C=O) groups excluding carboxylic acids is 1. The molecule has 0 unspecified atom stereocenters. The molecule has 1 aliphatic heterocycles. The molecule has 0 fully saturated rings. The summed E-state index contributed by atoms with van der Waals surface area (Å²) in [5.74, 6) is 0.189. The molecule has 7 nitrogen and oxygen atoms in total. The Kier molecular flexibility index (Phi) is 4.18. The Balaban J connectivity index is 2.14. The number of carbonyl (C=O) groups is 1. The number of rotatable bonds is 3. The van der Waals surface area contributed by atoms with E-state index < -0.39 is 4.92 Å². The minimum atomic E-state index is -0.475. The highest BCUT2D eigenvalue weighted by Crippen LogP contribution is 2.31. The van der Waals surface area contributed by atoms with Crippen LogP contribution in [0.2, 0.25) is 5.02 Å². The summed E-state index contributed by atoms with van der Waals surface area (Å²) in [6, 6.07) is 9.31. The first kappa shape index (κ1) is 15.9. The first-order valence-corrected chi connectivity index (χ1v) is 7.35. The topological polar surface area (TPSA) is 93.8 Å². The van der Waals surface area contributed by atoms with Crippen LogP contribution in [0.4, 0.5) is 5.69 Å². The zero-order valence-corrected chi connectivity index (χ0v) is 13.3. The maximum absolute atomic E-state index is 11.9. The number of nitro benzene ring substituents is 1. The first-order chi connectivity index (χ1) is 11.5. The smallest absolute Gasteiger partial charge is 0.269 e. The van der Waals surface area contributed by atoms with Crippen molar-refractivity contribution in [3.8, 4) is 5.75 Å². The molecule has 0 aliphatic carbocycles. The highest BCUT2D eigenvalue weighted by molar-refractivity contribution is 6.32. The van der Waals surface area contributed by atoms with E-state index in [1.54, 1.807) is 24.3 Å². The van der Waals surface area contributed by atoms with Crippen LogP contribution >= 0.6 is 11.6 Å². The molecule has 1 amide bonds. The van der Waals surface area contributed by atoms with Crippen LogP contribution in [0.25, 0.3) is 0 Å². The number of halogens is 1. The van der Waals surface area contributed by atoms with Crippen LogP contribution in [0, 0.1) is 10.1 Å². The summed E-state index contributed by atoms with van der Waals surface area (Å²) in [5.41, 5.74) is 4.95. The highest BCUT2D eigenvalue weighted by Gasteiger charge is 2.21. The average Bonchev–Trinajstić information content (AvgIpc) is 2.72. The third kappa shape index (κ3) is 2.93. The zero-order valence-electron chi connectivity index (χ0n) is 12.6. The van der Waals surface area contributed by atoms with Gasteiger partial charge in [0.2, 0.25) is 5.91 Å². The number of hydrogen-bond donors (Lipinski definition) is 1. The SMILES string of the molecule is COc1cc2c(cc1Cl)CC(=O)NN=C2c1ccc([N+](=O)[O-])cc1. The third-order valence-electron chi connectivity index (χ3n) is 3.63. The number of nitrogens with one attached hydrogen (secondary N) is 1. The van der Waals surface area contributed by atoms with Gasteiger partial charge in [-0.3, -0.25) is 14.9 Å². The number of non-ortho nitro benzene ring substituents is 1. The van der Waals surface area contributed by atoms with Gasteiger partial charge in [0.05, 0.1) is 29.2 Å². The van der Waals surface area contributed by atoms with Gasteiger partial charge in [-0.1, -0.05) is 11.6 Å². The summed E-state index contributed by atoms with van der Waals surface area (Å²) in [4.78, 5) is 22.2. The molecule has 0 bridgehead atoms. The first-order valence-electron chi connectivity index (χ1n) is 6.97. The van der Waals surface area contributed by atoms with Gasteiger partial charge in [0.15, 0.2) is 0 Å². The van der Waals surface area contributed by atoms with Gasteiger partial charge in [-0.2, -0.15) is 5.10 Å². The fourth-order valence-electron chi connectivity index (χ4n) is 2.47. The van der Waals surface area contributed by atoms with E-state index >= 15 is 0 Å². The lowest BCUT2D eigenvalue weighted by Gasteiger charge is -2.12. The lowest BCUT2D eigenvalue weighted by atomic mass is 9.95. The molecule has 0 saturated heterocycles. The van der Waals surface area contributed by atoms with Crippen molar-refractivity contribution in [2.45, 2.75) is 6.42 Å². The van der Waals surface area contributed by atoms with Crippen LogP contribution in [0.15, 0.2) is 41.5 Å². The minimum Gasteiger partial charge on any atom is -0.495 e. The van der Waals surface area contributed by atoms with Crippen molar-refractivity contribution in [2.75, 3.05) is 7.11 Å². The summed E-state index contributed by atoms with van der Waals surface area (Å²) in [7, 11) is 1.50. The van der Waals surface area contributed by atoms with Gasteiger partial charge in [-0.05, 0) is 29.8 Å². The zero-order chi connectivity index (χ0) is 17.3. The fraction of sp³-hybridized carbons (Fsp3) is 0.125. The van der Waals surface area contributed by atoms with Gasteiger partial charge in [0.1, 0.15) is 5.75 Å². The van der Waals surface area contributed by atoms with E-state index in [2.05, 4.69) is 10.5 Å². The Labute approximate surface area is 142 Å². The molecule has 1 N–H and O–H groups in total. The van der Waals surface area contributed by atoms with Crippen molar-refractivity contribution < 1.29 is 14.5 Å². The number of hydrazone groups is 1. The summed E-state index contributed by atoms with van der Waals surface area (Å²) in [5, 5.41) is 15.3. The molecule has 2 aromatic rings. The number of nitro groups is 1. The number of amides is 1. The molecule has 3 rings (SSSR count). The van der Waals surface area contributed by atoms with Crippen LogP contribution in [-0.4, -0.2) is 23.7 Å².